The molecule has 0 aliphatic heterocycles. The zero-order valence-electron chi connectivity index (χ0n) is 26.0. The van der Waals surface area contributed by atoms with Crippen molar-refractivity contribution in [3.63, 3.8) is 0 Å². The molecule has 2 aliphatic rings. The first-order valence-electron chi connectivity index (χ1n) is 15.9. The quantitative estimate of drug-likeness (QED) is 0.0889. The summed E-state index contributed by atoms with van der Waals surface area (Å²) in [5, 5.41) is 50.4. The fourth-order valence-electron chi connectivity index (χ4n) is 5.28. The van der Waals surface area contributed by atoms with Crippen LogP contribution in [-0.4, -0.2) is 85.8 Å². The average molecular weight is 653 g/mol. The maximum absolute atomic E-state index is 12.2. The predicted octanol–water partition coefficient (Wildman–Crippen LogP) is 3.23. The van der Waals surface area contributed by atoms with Gasteiger partial charge in [0, 0.05) is 41.4 Å². The van der Waals surface area contributed by atoms with Crippen LogP contribution in [-0.2, 0) is 21.7 Å². The number of hydrogen-bond acceptors (Lipinski definition) is 10. The molecule has 0 bridgehead atoms. The number of carbonyl (C=O) groups excluding carboxylic acids is 1. The van der Waals surface area contributed by atoms with Gasteiger partial charge in [-0.3, -0.25) is 9.78 Å². The molecule has 5 rings (SSSR count). The second-order valence-corrected chi connectivity index (χ2v) is 13.3. The van der Waals surface area contributed by atoms with Crippen molar-refractivity contribution in [3.05, 3.63) is 77.6 Å². The Labute approximate surface area is 273 Å². The van der Waals surface area contributed by atoms with Crippen LogP contribution in [0.2, 0.25) is 0 Å². The summed E-state index contributed by atoms with van der Waals surface area (Å²) in [7, 11) is 0. The minimum Gasteiger partial charge on any atom is -0.490 e. The molecular weight excluding hydrogens is 608 g/mol. The number of carbonyl (C=O) groups is 1. The molecule has 0 spiro atoms. The molecular formula is C35H44N2O8S. The van der Waals surface area contributed by atoms with Crippen LogP contribution in [0.5, 0.6) is 5.75 Å². The van der Waals surface area contributed by atoms with Crippen molar-refractivity contribution in [1.29, 1.82) is 0 Å². The molecule has 2 fully saturated rings. The average Bonchev–Trinajstić information content (AvgIpc) is 4.02. The molecule has 1 aromatic heterocycles. The van der Waals surface area contributed by atoms with E-state index in [9.17, 15) is 25.2 Å². The molecule has 4 atom stereocenters. The van der Waals surface area contributed by atoms with Gasteiger partial charge in [0.05, 0.1) is 31.0 Å². The third-order valence-electron chi connectivity index (χ3n) is 8.49. The first-order chi connectivity index (χ1) is 22.2. The Balaban J connectivity index is 1.12. The molecule has 0 saturated heterocycles. The van der Waals surface area contributed by atoms with Crippen molar-refractivity contribution in [2.75, 3.05) is 18.9 Å². The van der Waals surface area contributed by atoms with E-state index < -0.39 is 31.0 Å². The summed E-state index contributed by atoms with van der Waals surface area (Å²) in [6, 6.07) is 16.5. The highest BCUT2D eigenvalue weighted by Crippen LogP contribution is 2.53. The van der Waals surface area contributed by atoms with Gasteiger partial charge >= 0.3 is 0 Å². The van der Waals surface area contributed by atoms with Gasteiger partial charge in [-0.1, -0.05) is 24.3 Å². The van der Waals surface area contributed by atoms with Gasteiger partial charge in [0.1, 0.15) is 24.1 Å². The first-order valence-corrected chi connectivity index (χ1v) is 16.9. The van der Waals surface area contributed by atoms with Gasteiger partial charge in [-0.2, -0.15) is 0 Å². The first kappa shape index (κ1) is 34.3. The molecule has 2 aromatic carbocycles. The summed E-state index contributed by atoms with van der Waals surface area (Å²) in [5.41, 5.74) is 5.11. The van der Waals surface area contributed by atoms with E-state index in [4.69, 9.17) is 14.6 Å². The Morgan fingerprint density at radius 2 is 1.80 bits per heavy atom. The highest BCUT2D eigenvalue weighted by Gasteiger charge is 2.47. The van der Waals surface area contributed by atoms with Gasteiger partial charge in [0.2, 0.25) is 5.91 Å². The third-order valence-corrected chi connectivity index (χ3v) is 9.57. The second-order valence-electron chi connectivity index (χ2n) is 12.2. The monoisotopic (exact) mass is 652 g/mol. The van der Waals surface area contributed by atoms with Crippen molar-refractivity contribution >= 4 is 17.7 Å². The molecule has 10 nitrogen and oxygen atoms in total. The summed E-state index contributed by atoms with van der Waals surface area (Å²) in [4.78, 5) is 17.8. The third kappa shape index (κ3) is 8.86. The number of aromatic nitrogens is 1. The van der Waals surface area contributed by atoms with Crippen molar-refractivity contribution in [2.45, 2.75) is 93.1 Å². The minimum absolute atomic E-state index is 0.226. The Hall–Kier alpha value is -3.03. The van der Waals surface area contributed by atoms with E-state index in [1.807, 2.05) is 30.6 Å². The summed E-state index contributed by atoms with van der Waals surface area (Å²) >= 11 is 1.65. The lowest BCUT2D eigenvalue weighted by Gasteiger charge is -2.25. The number of hydrogen-bond donors (Lipinski definition) is 6. The molecule has 4 unspecified atom stereocenters. The number of pyridine rings is 1. The Morgan fingerprint density at radius 1 is 1.04 bits per heavy atom. The molecule has 248 valence electrons. The number of aryl methyl sites for hydroxylation is 1. The molecule has 6 N–H and O–H groups in total. The molecule has 11 heteroatoms. The number of rotatable bonds is 18. The fraction of sp³-hybridized carbons (Fsp3) is 0.486. The van der Waals surface area contributed by atoms with Crippen molar-refractivity contribution in [2.24, 2.45) is 0 Å². The Bertz CT molecular complexity index is 1460. The Kier molecular flexibility index (Phi) is 11.7. The van der Waals surface area contributed by atoms with Gasteiger partial charge in [-0.15, -0.1) is 11.8 Å². The number of para-hydroxylation sites is 1. The van der Waals surface area contributed by atoms with E-state index in [0.717, 1.165) is 64.1 Å². The molecule has 1 amide bonds. The van der Waals surface area contributed by atoms with Crippen LogP contribution in [0.3, 0.4) is 0 Å². The number of thioether (sulfide) groups is 1. The number of benzene rings is 2. The Morgan fingerprint density at radius 3 is 2.54 bits per heavy atom. The number of nitrogens with zero attached hydrogens (tertiary/aromatic N) is 1. The molecule has 2 aliphatic carbocycles. The van der Waals surface area contributed by atoms with Gasteiger partial charge in [0.15, 0.2) is 0 Å². The standard InChI is InChI=1S/C35H44N2O8S/c1-22-8-11-25(46-16-4-7-32(41)37-19-29(39)33(42)34(43)30(40)20-38)17-23(22)21-44-35(13-14-35)28-18-36-15-12-26(28)27-5-2-3-6-31(27)45-24-9-10-24/h2-3,5-6,8,11-12,15,17-18,24,29-30,33-34,38-40,42-43H,4,7,9-10,13-14,16,19-21H2,1H3,(H,37,41). The van der Waals surface area contributed by atoms with Gasteiger partial charge in [-0.05, 0) is 85.7 Å². The van der Waals surface area contributed by atoms with E-state index >= 15 is 0 Å². The van der Waals surface area contributed by atoms with Crippen LogP contribution < -0.4 is 10.1 Å². The molecule has 0 radical (unpaired) electrons. The van der Waals surface area contributed by atoms with Crippen LogP contribution in [0, 0.1) is 6.92 Å². The van der Waals surface area contributed by atoms with Crippen molar-refractivity contribution in [3.8, 4) is 16.9 Å². The molecule has 2 saturated carbocycles. The largest absolute Gasteiger partial charge is 0.490 e. The lowest BCUT2D eigenvalue weighted by atomic mass is 9.96. The SMILES string of the molecule is Cc1ccc(SCCCC(=O)NCC(O)C(O)C(O)C(O)CO)cc1COC1(c2cnccc2-c2ccccc2OC2CC2)CC1. The lowest BCUT2D eigenvalue weighted by molar-refractivity contribution is -0.126. The van der Waals surface area contributed by atoms with Crippen molar-refractivity contribution < 1.29 is 39.8 Å². The number of amides is 1. The van der Waals surface area contributed by atoms with Gasteiger partial charge in [-0.25, -0.2) is 0 Å². The normalized spacial score (nSPS) is 18.0. The van der Waals surface area contributed by atoms with Crippen LogP contribution in [0.4, 0.5) is 0 Å². The van der Waals surface area contributed by atoms with E-state index in [2.05, 4.69) is 47.6 Å². The van der Waals surface area contributed by atoms with Crippen LogP contribution in [0.1, 0.15) is 55.2 Å². The molecule has 46 heavy (non-hydrogen) atoms. The zero-order chi connectivity index (χ0) is 32.7. The zero-order valence-corrected chi connectivity index (χ0v) is 26.9. The minimum atomic E-state index is -1.73. The summed E-state index contributed by atoms with van der Waals surface area (Å²) < 4.78 is 12.9. The van der Waals surface area contributed by atoms with Crippen LogP contribution >= 0.6 is 11.8 Å². The van der Waals surface area contributed by atoms with E-state index in [1.54, 1.807) is 11.8 Å². The molecule has 3 aromatic rings. The fourth-order valence-corrected chi connectivity index (χ4v) is 6.19. The van der Waals surface area contributed by atoms with Gasteiger partial charge < -0.3 is 40.3 Å². The van der Waals surface area contributed by atoms with E-state index in [1.165, 1.54) is 0 Å². The maximum atomic E-state index is 12.2. The lowest BCUT2D eigenvalue weighted by Crippen LogP contribution is -2.49. The number of ether oxygens (including phenoxy) is 2. The number of nitrogens with one attached hydrogen (secondary N) is 1. The summed E-state index contributed by atoms with van der Waals surface area (Å²) in [6.07, 6.45) is 2.42. The van der Waals surface area contributed by atoms with Crippen molar-refractivity contribution in [1.82, 2.24) is 10.3 Å². The number of aliphatic hydroxyl groups is 5. The van der Waals surface area contributed by atoms with Crippen LogP contribution in [0.25, 0.3) is 11.1 Å². The predicted molar refractivity (Wildman–Crippen MR) is 174 cm³/mol. The smallest absolute Gasteiger partial charge is 0.220 e. The van der Waals surface area contributed by atoms with Gasteiger partial charge in [0.25, 0.3) is 0 Å². The van der Waals surface area contributed by atoms with E-state index in [0.29, 0.717) is 24.9 Å². The highest BCUT2D eigenvalue weighted by molar-refractivity contribution is 7.99. The molecule has 1 heterocycles. The van der Waals surface area contributed by atoms with E-state index in [-0.39, 0.29) is 24.5 Å². The maximum Gasteiger partial charge on any atom is 0.220 e. The highest BCUT2D eigenvalue weighted by atomic mass is 32.2. The number of aliphatic hydroxyl groups excluding tert-OH is 5. The second kappa shape index (κ2) is 15.7. The summed E-state index contributed by atoms with van der Waals surface area (Å²) in [6.45, 7) is 1.50. The summed E-state index contributed by atoms with van der Waals surface area (Å²) in [5.74, 6) is 1.31. The topological polar surface area (TPSA) is 162 Å². The van der Waals surface area contributed by atoms with Crippen LogP contribution in [0.15, 0.2) is 65.8 Å².